The minimum Gasteiger partial charge on any atom is -0.496 e. The van der Waals surface area contributed by atoms with Gasteiger partial charge in [-0.05, 0) is 72.6 Å². The van der Waals surface area contributed by atoms with Gasteiger partial charge in [0, 0.05) is 61.5 Å². The Morgan fingerprint density at radius 1 is 1.17 bits per heavy atom. The van der Waals surface area contributed by atoms with E-state index in [2.05, 4.69) is 45.3 Å². The second kappa shape index (κ2) is 14.4. The lowest BCUT2D eigenvalue weighted by Gasteiger charge is -2.62. The molecule has 2 bridgehead atoms. The maximum atomic E-state index is 14.2. The topological polar surface area (TPSA) is 129 Å². The van der Waals surface area contributed by atoms with Gasteiger partial charge in [0.2, 0.25) is 5.91 Å². The fourth-order valence-corrected chi connectivity index (χ4v) is 8.43. The van der Waals surface area contributed by atoms with Crippen LogP contribution < -0.4 is 26.0 Å². The molecule has 2 aromatic carbocycles. The minimum absolute atomic E-state index is 0.0801. The zero-order valence-electron chi connectivity index (χ0n) is 30.2. The number of methoxy groups -OCH3 is 1. The number of rotatable bonds is 12. The molecule has 4 fully saturated rings. The number of nitrogens with zero attached hydrogens (tertiary/aromatic N) is 2. The highest BCUT2D eigenvalue weighted by molar-refractivity contribution is 5.97. The Morgan fingerprint density at radius 3 is 2.48 bits per heavy atom. The van der Waals surface area contributed by atoms with Crippen molar-refractivity contribution in [2.75, 3.05) is 39.2 Å². The molecule has 0 aromatic heterocycles. The van der Waals surface area contributed by atoms with Crippen molar-refractivity contribution in [1.29, 1.82) is 0 Å². The Hall–Kier alpha value is -3.18. The zero-order chi connectivity index (χ0) is 35.1. The molecule has 3 saturated carbocycles. The van der Waals surface area contributed by atoms with Crippen molar-refractivity contribution >= 4 is 17.5 Å². The average Bonchev–Trinajstić information content (AvgIpc) is 3.42. The first kappa shape index (κ1) is 36.1. The van der Waals surface area contributed by atoms with E-state index in [4.69, 9.17) is 15.3 Å². The van der Waals surface area contributed by atoms with E-state index in [1.165, 1.54) is 6.42 Å². The van der Waals surface area contributed by atoms with Crippen LogP contribution in [0.3, 0.4) is 0 Å². The first-order valence-electron chi connectivity index (χ1n) is 17.6. The van der Waals surface area contributed by atoms with Gasteiger partial charge in [0.25, 0.3) is 5.91 Å². The second-order valence-corrected chi connectivity index (χ2v) is 15.6. The van der Waals surface area contributed by atoms with Crippen LogP contribution in [0.15, 0.2) is 36.4 Å². The Kier molecular flexibility index (Phi) is 10.8. The predicted molar refractivity (Wildman–Crippen MR) is 189 cm³/mol. The van der Waals surface area contributed by atoms with Gasteiger partial charge in [-0.2, -0.15) is 5.06 Å². The van der Waals surface area contributed by atoms with Crippen LogP contribution in [-0.4, -0.2) is 80.6 Å². The van der Waals surface area contributed by atoms with Crippen molar-refractivity contribution in [2.45, 2.75) is 85.2 Å². The van der Waals surface area contributed by atoms with Gasteiger partial charge in [0.1, 0.15) is 11.8 Å². The van der Waals surface area contributed by atoms with Crippen molar-refractivity contribution in [3.05, 3.63) is 47.5 Å². The van der Waals surface area contributed by atoms with E-state index in [1.54, 1.807) is 19.1 Å². The van der Waals surface area contributed by atoms with Gasteiger partial charge in [-0.3, -0.25) is 14.4 Å². The standard InChI is InChI=1S/C38H57N5O5/c1-21(2)19-40-36(45)26-13-25(14-28(15-26)42(7)8)29-12-10-11-24(35(29)47-9)20-43-34(33(23(4)44)32(18-39)48-43)37(46)41-31-17-27-16-30(22(31)3)38(27,5)6/h10-15,21-23,27,30-34,44H,16-20,39H2,1-9H3,(H,40,45)(H,41,46)/t22-,23?,27-,30-,31-,32-,33?,34-/m0/s1. The highest BCUT2D eigenvalue weighted by atomic mass is 16.7. The number of carbonyl (C=O) groups is 2. The van der Waals surface area contributed by atoms with Crippen LogP contribution >= 0.6 is 0 Å². The number of aliphatic hydroxyl groups excluding tert-OH is 1. The van der Waals surface area contributed by atoms with Crippen molar-refractivity contribution in [3.8, 4) is 16.9 Å². The Balaban J connectivity index is 1.45. The number of amides is 2. The lowest BCUT2D eigenvalue weighted by molar-refractivity contribution is -0.175. The molecule has 264 valence electrons. The molecule has 6 rings (SSSR count). The van der Waals surface area contributed by atoms with E-state index >= 15 is 0 Å². The minimum atomic E-state index is -0.808. The molecule has 10 heteroatoms. The molecule has 2 amide bonds. The van der Waals surface area contributed by atoms with Gasteiger partial charge in [0.05, 0.1) is 25.9 Å². The monoisotopic (exact) mass is 663 g/mol. The number of para-hydroxylation sites is 1. The summed E-state index contributed by atoms with van der Waals surface area (Å²) >= 11 is 0. The Labute approximate surface area is 286 Å². The number of hydrogen-bond donors (Lipinski definition) is 4. The number of nitrogens with two attached hydrogens (primary N) is 1. The summed E-state index contributed by atoms with van der Waals surface area (Å²) in [5, 5.41) is 19.0. The molecular weight excluding hydrogens is 606 g/mol. The van der Waals surface area contributed by atoms with Crippen LogP contribution in [0.25, 0.3) is 11.1 Å². The van der Waals surface area contributed by atoms with Gasteiger partial charge < -0.3 is 31.1 Å². The number of carbonyl (C=O) groups excluding carboxylic acids is 2. The SMILES string of the molecule is COc1c(CN2O[C@@H](CN)C(C(C)O)[C@H]2C(=O)N[C@H]2C[C@@H]3C[C@@H]([C@@H]2C)C3(C)C)cccc1-c1cc(C(=O)NCC(C)C)cc(N(C)C)c1. The second-order valence-electron chi connectivity index (χ2n) is 15.6. The quantitative estimate of drug-likeness (QED) is 0.263. The van der Waals surface area contributed by atoms with E-state index in [1.807, 2.05) is 55.4 Å². The fraction of sp³-hybridized carbons (Fsp3) is 0.632. The van der Waals surface area contributed by atoms with Crippen LogP contribution in [0.1, 0.15) is 70.3 Å². The number of hydrogen-bond acceptors (Lipinski definition) is 8. The van der Waals surface area contributed by atoms with E-state index in [0.29, 0.717) is 46.9 Å². The van der Waals surface area contributed by atoms with Gasteiger partial charge in [-0.25, -0.2) is 0 Å². The zero-order valence-corrected chi connectivity index (χ0v) is 30.2. The number of aliphatic hydroxyl groups is 1. The first-order valence-corrected chi connectivity index (χ1v) is 17.6. The molecule has 3 aliphatic carbocycles. The van der Waals surface area contributed by atoms with Crippen LogP contribution in [-0.2, 0) is 16.2 Å². The molecule has 5 N–H and O–H groups in total. The predicted octanol–water partition coefficient (Wildman–Crippen LogP) is 4.44. The van der Waals surface area contributed by atoms with Gasteiger partial charge in [-0.1, -0.05) is 52.8 Å². The summed E-state index contributed by atoms with van der Waals surface area (Å²) in [6.07, 6.45) is 0.859. The van der Waals surface area contributed by atoms with Gasteiger partial charge in [-0.15, -0.1) is 0 Å². The van der Waals surface area contributed by atoms with Crippen LogP contribution in [0.4, 0.5) is 5.69 Å². The fourth-order valence-electron chi connectivity index (χ4n) is 8.43. The summed E-state index contributed by atoms with van der Waals surface area (Å²) in [4.78, 5) is 35.7. The maximum Gasteiger partial charge on any atom is 0.251 e. The summed E-state index contributed by atoms with van der Waals surface area (Å²) in [6, 6.07) is 11.0. The third kappa shape index (κ3) is 6.95. The number of fused-ring (bicyclic) bond motifs is 2. The summed E-state index contributed by atoms with van der Waals surface area (Å²) in [5.41, 5.74) is 10.4. The molecule has 2 aromatic rings. The molecule has 0 radical (unpaired) electrons. The number of benzene rings is 2. The number of anilines is 1. The molecule has 1 saturated heterocycles. The molecule has 2 unspecified atom stereocenters. The van der Waals surface area contributed by atoms with Gasteiger partial charge >= 0.3 is 0 Å². The Morgan fingerprint density at radius 2 is 1.90 bits per heavy atom. The molecule has 0 spiro atoms. The van der Waals surface area contributed by atoms with Crippen molar-refractivity contribution in [2.24, 2.45) is 40.7 Å². The molecular formula is C38H57N5O5. The molecule has 8 atom stereocenters. The molecule has 4 aliphatic rings. The third-order valence-electron chi connectivity index (χ3n) is 11.4. The van der Waals surface area contributed by atoms with Crippen LogP contribution in [0.2, 0.25) is 0 Å². The summed E-state index contributed by atoms with van der Waals surface area (Å²) in [5.74, 6) is 1.73. The van der Waals surface area contributed by atoms with Crippen LogP contribution in [0, 0.1) is 35.0 Å². The first-order chi connectivity index (χ1) is 22.7. The summed E-state index contributed by atoms with van der Waals surface area (Å²) < 4.78 is 6.04. The lowest BCUT2D eigenvalue weighted by Crippen LogP contribution is -2.62. The highest BCUT2D eigenvalue weighted by Gasteiger charge is 2.57. The molecule has 1 aliphatic heterocycles. The maximum absolute atomic E-state index is 14.2. The number of nitrogens with one attached hydrogen (secondary N) is 2. The van der Waals surface area contributed by atoms with E-state index in [0.717, 1.165) is 28.8 Å². The number of hydroxylamine groups is 2. The highest BCUT2D eigenvalue weighted by Crippen LogP contribution is 2.61. The smallest absolute Gasteiger partial charge is 0.251 e. The van der Waals surface area contributed by atoms with E-state index < -0.39 is 24.2 Å². The van der Waals surface area contributed by atoms with Crippen molar-refractivity contribution < 1.29 is 24.3 Å². The van der Waals surface area contributed by atoms with Crippen LogP contribution in [0.5, 0.6) is 5.75 Å². The third-order valence-corrected chi connectivity index (χ3v) is 11.4. The van der Waals surface area contributed by atoms with Crippen molar-refractivity contribution in [1.82, 2.24) is 15.7 Å². The van der Waals surface area contributed by atoms with Crippen molar-refractivity contribution in [3.63, 3.8) is 0 Å². The molecule has 1 heterocycles. The molecule has 48 heavy (non-hydrogen) atoms. The summed E-state index contributed by atoms with van der Waals surface area (Å²) in [7, 11) is 5.52. The average molecular weight is 664 g/mol. The van der Waals surface area contributed by atoms with E-state index in [-0.39, 0.29) is 30.9 Å². The molecule has 10 nitrogen and oxygen atoms in total. The largest absolute Gasteiger partial charge is 0.496 e. The Bertz CT molecular complexity index is 1480. The lowest BCUT2D eigenvalue weighted by atomic mass is 9.45. The van der Waals surface area contributed by atoms with Gasteiger partial charge in [0.15, 0.2) is 0 Å². The number of ether oxygens (including phenoxy) is 1. The normalized spacial score (nSPS) is 28.5. The van der Waals surface area contributed by atoms with E-state index in [9.17, 15) is 14.7 Å². The summed E-state index contributed by atoms with van der Waals surface area (Å²) in [6.45, 7) is 13.8.